The first-order valence-electron chi connectivity index (χ1n) is 22.5. The molecule has 6 fully saturated rings. The predicted octanol–water partition coefficient (Wildman–Crippen LogP) is 7.89. The second-order valence-electron chi connectivity index (χ2n) is 17.3. The van der Waals surface area contributed by atoms with Crippen molar-refractivity contribution < 1.29 is 23.6 Å². The van der Waals surface area contributed by atoms with Gasteiger partial charge in [0.15, 0.2) is 5.76 Å². The van der Waals surface area contributed by atoms with Gasteiger partial charge in [0.2, 0.25) is 0 Å². The van der Waals surface area contributed by atoms with Gasteiger partial charge in [-0.3, -0.25) is 9.59 Å². The molecule has 0 aliphatic carbocycles. The van der Waals surface area contributed by atoms with Crippen LogP contribution < -0.4 is 31.9 Å². The first kappa shape index (κ1) is 43.1. The monoisotopic (exact) mass is 880 g/mol. The van der Waals surface area contributed by atoms with Crippen molar-refractivity contribution >= 4 is 62.0 Å². The van der Waals surface area contributed by atoms with E-state index in [0.29, 0.717) is 42.0 Å². The Kier molecular flexibility index (Phi) is 13.0. The zero-order chi connectivity index (χ0) is 44.2. The summed E-state index contributed by atoms with van der Waals surface area (Å²) in [7, 11) is 1.61. The number of furan rings is 1. The summed E-state index contributed by atoms with van der Waals surface area (Å²) < 4.78 is 7.17. The summed E-state index contributed by atoms with van der Waals surface area (Å²) in [4.78, 5) is 55.2. The minimum absolute atomic E-state index is 0.0328. The number of carbonyl (C=O) groups is 4. The number of benzene rings is 4. The number of amides is 6. The number of hydrogen-bond acceptors (Lipinski definition) is 8. The molecule has 6 amide bonds. The Morgan fingerprint density at radius 1 is 0.672 bits per heavy atom. The van der Waals surface area contributed by atoms with E-state index in [1.54, 1.807) is 18.4 Å². The van der Waals surface area contributed by atoms with Gasteiger partial charge < -0.3 is 46.1 Å². The first-order chi connectivity index (χ1) is 31.2. The molecule has 0 spiro atoms. The standard InChI is InChI=1S/C25H28N4O3.C25H28N4O2S/c1-2-26-25(31)27-19-7-3-5-17(13-19)20-8-4-6-18-14-22(32-23(18)20)24(30)28-21-15-29-11-9-16(21)10-12-29;1-26-25(31)27-14-18-5-2-3-7-19(18)20-8-4-6-17-13-22(32-23(17)20)24(30)28-21-15-29-11-9-16(21)10-12-29/h3-8,13-14,16,21H,2,9-12,15H2,1H3,(H,28,30)(H2,26,27,31);2-8,13,16,21H,9-12,14-15H2,1H3,(H,28,30)(H2,26,27,31)/t2*21-/m00/s1. The minimum Gasteiger partial charge on any atom is -0.450 e. The van der Waals surface area contributed by atoms with Crippen LogP contribution in [0.15, 0.2) is 101 Å². The number of para-hydroxylation sites is 1. The predicted molar refractivity (Wildman–Crippen MR) is 254 cm³/mol. The molecular weight excluding hydrogens is 825 g/mol. The normalized spacial score (nSPS) is 22.0. The fourth-order valence-corrected chi connectivity index (χ4v) is 10.9. The Morgan fingerprint density at radius 2 is 1.31 bits per heavy atom. The molecule has 13 nitrogen and oxygen atoms in total. The largest absolute Gasteiger partial charge is 0.450 e. The van der Waals surface area contributed by atoms with Gasteiger partial charge in [-0.05, 0) is 123 Å². The maximum atomic E-state index is 13.1. The third kappa shape index (κ3) is 9.49. The fourth-order valence-electron chi connectivity index (χ4n) is 9.83. The molecule has 0 radical (unpaired) electrons. The second kappa shape index (κ2) is 19.3. The molecule has 12 rings (SSSR count). The van der Waals surface area contributed by atoms with E-state index in [9.17, 15) is 19.2 Å². The summed E-state index contributed by atoms with van der Waals surface area (Å²) in [6.45, 7) is 9.36. The molecular formula is C50H56N8O5S. The van der Waals surface area contributed by atoms with E-state index in [2.05, 4.69) is 59.9 Å². The Morgan fingerprint density at radius 3 is 1.98 bits per heavy atom. The van der Waals surface area contributed by atoms with Crippen LogP contribution in [0.5, 0.6) is 0 Å². The average molecular weight is 881 g/mol. The zero-order valence-corrected chi connectivity index (χ0v) is 37.2. The maximum Gasteiger partial charge on any atom is 0.319 e. The second-order valence-corrected chi connectivity index (χ2v) is 18.3. The van der Waals surface area contributed by atoms with Crippen LogP contribution in [-0.4, -0.2) is 98.6 Å². The quantitative estimate of drug-likeness (QED) is 0.0817. The third-order valence-corrected chi connectivity index (χ3v) is 14.4. The SMILES string of the molecule is CCNC(=O)Nc1cccc(-c2cccc3cc(C(=O)N[C@H]4CN5CCC4CC5)oc23)c1.CNC(=O)NCc1ccccc1-c1cccc2cc(C(=O)N[C@H]3CN4CCC3CC4)sc12. The Balaban J connectivity index is 0.000000162. The van der Waals surface area contributed by atoms with Crippen LogP contribution in [0.3, 0.4) is 0 Å². The highest BCUT2D eigenvalue weighted by atomic mass is 32.1. The first-order valence-corrected chi connectivity index (χ1v) is 23.3. The highest BCUT2D eigenvalue weighted by Gasteiger charge is 2.36. The van der Waals surface area contributed by atoms with E-state index < -0.39 is 0 Å². The molecule has 0 saturated carbocycles. The van der Waals surface area contributed by atoms with Crippen molar-refractivity contribution in [1.29, 1.82) is 0 Å². The number of fused-ring (bicyclic) bond motifs is 8. The Hall–Kier alpha value is -6.22. The van der Waals surface area contributed by atoms with E-state index in [4.69, 9.17) is 4.42 Å². The van der Waals surface area contributed by atoms with Crippen LogP contribution in [0.25, 0.3) is 43.3 Å². The van der Waals surface area contributed by atoms with Gasteiger partial charge in [-0.25, -0.2) is 9.59 Å². The van der Waals surface area contributed by atoms with Crippen LogP contribution in [0.2, 0.25) is 0 Å². The Bertz CT molecular complexity index is 2660. The molecule has 14 heteroatoms. The van der Waals surface area contributed by atoms with E-state index in [1.165, 1.54) is 12.8 Å². The number of hydrogen-bond donors (Lipinski definition) is 6. The molecule has 6 N–H and O–H groups in total. The van der Waals surface area contributed by atoms with Gasteiger partial charge in [-0.2, -0.15) is 0 Å². The number of nitrogens with one attached hydrogen (secondary N) is 6. The van der Waals surface area contributed by atoms with Crippen molar-refractivity contribution in [2.75, 3.05) is 58.2 Å². The summed E-state index contributed by atoms with van der Waals surface area (Å²) in [5, 5.41) is 19.5. The fraction of sp³-hybridized carbons (Fsp3) is 0.360. The average Bonchev–Trinajstić information content (AvgIpc) is 3.98. The number of anilines is 1. The van der Waals surface area contributed by atoms with Gasteiger partial charge >= 0.3 is 12.1 Å². The van der Waals surface area contributed by atoms with Gasteiger partial charge in [0.25, 0.3) is 11.8 Å². The molecule has 2 aromatic heterocycles. The number of piperidine rings is 6. The number of urea groups is 2. The Labute approximate surface area is 377 Å². The van der Waals surface area contributed by atoms with Crippen molar-refractivity contribution in [2.45, 2.75) is 51.2 Å². The minimum atomic E-state index is -0.243. The van der Waals surface area contributed by atoms with Crippen molar-refractivity contribution in [3.05, 3.63) is 113 Å². The molecule has 6 aromatic rings. The topological polar surface area (TPSA) is 160 Å². The summed E-state index contributed by atoms with van der Waals surface area (Å²) in [6, 6.07) is 31.5. The molecule has 6 aliphatic rings. The van der Waals surface area contributed by atoms with Gasteiger partial charge in [0.1, 0.15) is 5.58 Å². The van der Waals surface area contributed by atoms with Gasteiger partial charge in [-0.15, -0.1) is 11.3 Å². The van der Waals surface area contributed by atoms with E-state index >= 15 is 0 Å². The lowest BCUT2D eigenvalue weighted by atomic mass is 9.84. The van der Waals surface area contributed by atoms with Crippen LogP contribution >= 0.6 is 11.3 Å². The molecule has 4 aromatic carbocycles. The highest BCUT2D eigenvalue weighted by Crippen LogP contribution is 2.38. The number of nitrogens with zero attached hydrogens (tertiary/aromatic N) is 2. The smallest absolute Gasteiger partial charge is 0.319 e. The van der Waals surface area contributed by atoms with E-state index in [0.717, 1.165) is 100 Å². The van der Waals surface area contributed by atoms with Crippen LogP contribution in [0.4, 0.5) is 15.3 Å². The molecule has 6 saturated heterocycles. The van der Waals surface area contributed by atoms with Crippen molar-refractivity contribution in [2.24, 2.45) is 11.8 Å². The summed E-state index contributed by atoms with van der Waals surface area (Å²) >= 11 is 1.55. The van der Waals surface area contributed by atoms with Crippen LogP contribution in [0.1, 0.15) is 58.4 Å². The van der Waals surface area contributed by atoms with Crippen molar-refractivity contribution in [3.63, 3.8) is 0 Å². The van der Waals surface area contributed by atoms with Crippen molar-refractivity contribution in [1.82, 2.24) is 36.4 Å². The molecule has 6 aliphatic heterocycles. The van der Waals surface area contributed by atoms with Crippen LogP contribution in [-0.2, 0) is 6.54 Å². The summed E-state index contributed by atoms with van der Waals surface area (Å²) in [5.74, 6) is 1.38. The molecule has 8 heterocycles. The number of rotatable bonds is 10. The lowest BCUT2D eigenvalue weighted by molar-refractivity contribution is 0.0606. The molecule has 2 atom stereocenters. The van der Waals surface area contributed by atoms with Gasteiger partial charge in [0, 0.05) is 66.6 Å². The van der Waals surface area contributed by atoms with Crippen LogP contribution in [0, 0.1) is 11.8 Å². The third-order valence-electron chi connectivity index (χ3n) is 13.2. The summed E-state index contributed by atoms with van der Waals surface area (Å²) in [6.07, 6.45) is 4.66. The lowest BCUT2D eigenvalue weighted by Crippen LogP contribution is -2.57. The van der Waals surface area contributed by atoms with E-state index in [-0.39, 0.29) is 36.0 Å². The lowest BCUT2D eigenvalue weighted by Gasteiger charge is -2.44. The molecule has 4 bridgehead atoms. The van der Waals surface area contributed by atoms with E-state index in [1.807, 2.05) is 85.8 Å². The number of carbonyl (C=O) groups excluding carboxylic acids is 4. The van der Waals surface area contributed by atoms with Gasteiger partial charge in [0.05, 0.1) is 4.88 Å². The highest BCUT2D eigenvalue weighted by molar-refractivity contribution is 7.21. The zero-order valence-electron chi connectivity index (χ0n) is 36.4. The molecule has 332 valence electrons. The molecule has 64 heavy (non-hydrogen) atoms. The summed E-state index contributed by atoms with van der Waals surface area (Å²) in [5.41, 5.74) is 6.34. The van der Waals surface area contributed by atoms with Gasteiger partial charge in [-0.1, -0.05) is 72.8 Å². The molecule has 0 unspecified atom stereocenters. The number of thiophene rings is 1. The van der Waals surface area contributed by atoms with Crippen molar-refractivity contribution in [3.8, 4) is 22.3 Å². The maximum absolute atomic E-state index is 13.1.